The molecule has 0 aromatic heterocycles. The van der Waals surface area contributed by atoms with E-state index in [1.165, 1.54) is 11.8 Å². The van der Waals surface area contributed by atoms with Crippen LogP contribution in [0.5, 0.6) is 0 Å². The second-order valence-corrected chi connectivity index (χ2v) is 8.37. The minimum atomic E-state index is -0.159. The van der Waals surface area contributed by atoms with Crippen molar-refractivity contribution < 1.29 is 9.59 Å². The smallest absolute Gasteiger partial charge is 0.255 e. The highest BCUT2D eigenvalue weighted by atomic mass is 35.5. The number of hydrogen-bond donors (Lipinski definition) is 2. The lowest BCUT2D eigenvalue weighted by Gasteiger charge is -2.08. The van der Waals surface area contributed by atoms with E-state index in [0.717, 1.165) is 15.7 Å². The molecule has 0 bridgehead atoms. The molecular formula is C25H19ClN2O2S. The van der Waals surface area contributed by atoms with E-state index in [4.69, 9.17) is 11.6 Å². The van der Waals surface area contributed by atoms with Crippen molar-refractivity contribution in [1.82, 2.24) is 0 Å². The number of fused-ring (bicyclic) bond motifs is 1. The van der Waals surface area contributed by atoms with Crippen molar-refractivity contribution in [3.63, 3.8) is 0 Å². The number of halogens is 1. The third-order valence-electron chi connectivity index (χ3n) is 4.62. The lowest BCUT2D eigenvalue weighted by Crippen LogP contribution is -2.13. The summed E-state index contributed by atoms with van der Waals surface area (Å²) in [5.41, 5.74) is 2.02. The third-order valence-corrected chi connectivity index (χ3v) is 5.89. The van der Waals surface area contributed by atoms with Gasteiger partial charge in [-0.3, -0.25) is 9.59 Å². The van der Waals surface area contributed by atoms with E-state index in [2.05, 4.69) is 10.6 Å². The van der Waals surface area contributed by atoms with Crippen molar-refractivity contribution >= 4 is 57.3 Å². The van der Waals surface area contributed by atoms with Crippen molar-refractivity contribution in [1.29, 1.82) is 0 Å². The summed E-state index contributed by atoms with van der Waals surface area (Å²) in [4.78, 5) is 25.6. The Morgan fingerprint density at radius 3 is 2.13 bits per heavy atom. The van der Waals surface area contributed by atoms with Gasteiger partial charge in [0, 0.05) is 26.9 Å². The monoisotopic (exact) mass is 446 g/mol. The van der Waals surface area contributed by atoms with Gasteiger partial charge in [-0.05, 0) is 71.4 Å². The molecule has 0 aliphatic heterocycles. The molecule has 0 spiro atoms. The van der Waals surface area contributed by atoms with Crippen LogP contribution in [0.1, 0.15) is 10.4 Å². The molecular weight excluding hydrogens is 428 g/mol. The highest BCUT2D eigenvalue weighted by Gasteiger charge is 2.08. The van der Waals surface area contributed by atoms with E-state index in [9.17, 15) is 9.59 Å². The number of nitrogens with one attached hydrogen (secondary N) is 2. The zero-order valence-corrected chi connectivity index (χ0v) is 18.0. The van der Waals surface area contributed by atoms with Gasteiger partial charge in [0.15, 0.2) is 0 Å². The molecule has 0 heterocycles. The molecule has 2 amide bonds. The summed E-state index contributed by atoms with van der Waals surface area (Å²) in [6.45, 7) is 0. The van der Waals surface area contributed by atoms with Gasteiger partial charge in [-0.1, -0.05) is 41.9 Å². The molecule has 6 heteroatoms. The number of thioether (sulfide) groups is 1. The predicted molar refractivity (Wildman–Crippen MR) is 129 cm³/mol. The Morgan fingerprint density at radius 2 is 1.39 bits per heavy atom. The van der Waals surface area contributed by atoms with Gasteiger partial charge in [-0.2, -0.15) is 0 Å². The molecule has 0 fully saturated rings. The van der Waals surface area contributed by atoms with Crippen molar-refractivity contribution in [2.24, 2.45) is 0 Å². The number of carbonyl (C=O) groups excluding carboxylic acids is 2. The highest BCUT2D eigenvalue weighted by Crippen LogP contribution is 2.22. The van der Waals surface area contributed by atoms with Crippen LogP contribution in [0.25, 0.3) is 10.8 Å². The van der Waals surface area contributed by atoms with Crippen LogP contribution < -0.4 is 10.6 Å². The van der Waals surface area contributed by atoms with Crippen LogP contribution in [0.15, 0.2) is 95.9 Å². The maximum Gasteiger partial charge on any atom is 0.255 e. The molecule has 0 unspecified atom stereocenters. The zero-order chi connectivity index (χ0) is 21.6. The van der Waals surface area contributed by atoms with Gasteiger partial charge >= 0.3 is 0 Å². The summed E-state index contributed by atoms with van der Waals surface area (Å²) in [5.74, 6) is 0.0281. The fraction of sp³-hybridized carbons (Fsp3) is 0.0400. The van der Waals surface area contributed by atoms with Crippen LogP contribution in [0.2, 0.25) is 5.02 Å². The molecule has 0 atom stereocenters. The maximum absolute atomic E-state index is 12.6. The molecule has 4 rings (SSSR count). The number of anilines is 2. The molecule has 0 aliphatic rings. The summed E-state index contributed by atoms with van der Waals surface area (Å²) < 4.78 is 0. The average Bonchev–Trinajstić information content (AvgIpc) is 2.80. The number of rotatable bonds is 6. The van der Waals surface area contributed by atoms with E-state index in [-0.39, 0.29) is 17.6 Å². The number of hydrogen-bond acceptors (Lipinski definition) is 3. The Balaban J connectivity index is 1.31. The minimum Gasteiger partial charge on any atom is -0.325 e. The summed E-state index contributed by atoms with van der Waals surface area (Å²) in [6, 6.07) is 28.0. The van der Waals surface area contributed by atoms with Crippen molar-refractivity contribution in [2.45, 2.75) is 4.90 Å². The highest BCUT2D eigenvalue weighted by molar-refractivity contribution is 8.00. The van der Waals surface area contributed by atoms with Crippen LogP contribution >= 0.6 is 23.4 Å². The van der Waals surface area contributed by atoms with Crippen molar-refractivity contribution in [3.8, 4) is 0 Å². The Kier molecular flexibility index (Phi) is 6.55. The first-order valence-corrected chi connectivity index (χ1v) is 11.0. The molecule has 0 radical (unpaired) electrons. The van der Waals surface area contributed by atoms with Gasteiger partial charge < -0.3 is 10.6 Å². The van der Waals surface area contributed by atoms with Crippen LogP contribution in [0, 0.1) is 0 Å². The third kappa shape index (κ3) is 5.66. The van der Waals surface area contributed by atoms with Crippen LogP contribution in [0.3, 0.4) is 0 Å². The van der Waals surface area contributed by atoms with E-state index < -0.39 is 0 Å². The van der Waals surface area contributed by atoms with Crippen LogP contribution in [0.4, 0.5) is 11.4 Å². The summed E-state index contributed by atoms with van der Waals surface area (Å²) in [6.07, 6.45) is 0. The van der Waals surface area contributed by atoms with Gasteiger partial charge in [0.2, 0.25) is 5.91 Å². The molecule has 4 aromatic rings. The fourth-order valence-electron chi connectivity index (χ4n) is 3.05. The van der Waals surface area contributed by atoms with Crippen LogP contribution in [-0.4, -0.2) is 17.6 Å². The Bertz CT molecular complexity index is 1220. The van der Waals surface area contributed by atoms with Crippen LogP contribution in [-0.2, 0) is 4.79 Å². The topological polar surface area (TPSA) is 58.2 Å². The molecule has 4 aromatic carbocycles. The fourth-order valence-corrected chi connectivity index (χ4v) is 3.87. The van der Waals surface area contributed by atoms with Gasteiger partial charge in [-0.15, -0.1) is 11.8 Å². The van der Waals surface area contributed by atoms with E-state index in [1.54, 1.807) is 24.3 Å². The SMILES string of the molecule is O=C(CSc1ccc(NC(=O)c2ccc3ccccc3c2)cc1)Nc1ccc(Cl)cc1. The number of amides is 2. The lowest BCUT2D eigenvalue weighted by atomic mass is 10.1. The van der Waals surface area contributed by atoms with Gasteiger partial charge in [0.05, 0.1) is 5.75 Å². The normalized spacial score (nSPS) is 10.6. The number of carbonyl (C=O) groups is 2. The molecule has 154 valence electrons. The first-order chi connectivity index (χ1) is 15.1. The van der Waals surface area contributed by atoms with Gasteiger partial charge in [-0.25, -0.2) is 0 Å². The average molecular weight is 447 g/mol. The molecule has 0 saturated carbocycles. The lowest BCUT2D eigenvalue weighted by molar-refractivity contribution is -0.113. The quantitative estimate of drug-likeness (QED) is 0.333. The first kappa shape index (κ1) is 21.0. The zero-order valence-electron chi connectivity index (χ0n) is 16.5. The Morgan fingerprint density at radius 1 is 0.742 bits per heavy atom. The number of benzene rings is 4. The maximum atomic E-state index is 12.6. The summed E-state index contributed by atoms with van der Waals surface area (Å²) in [5, 5.41) is 8.50. The predicted octanol–water partition coefficient (Wildman–Crippen LogP) is 6.48. The van der Waals surface area contributed by atoms with E-state index in [0.29, 0.717) is 22.0 Å². The standard InChI is InChI=1S/C25H19ClN2O2S/c26-20-7-9-21(10-8-20)27-24(29)16-31-23-13-11-22(12-14-23)28-25(30)19-6-5-17-3-1-2-4-18(17)15-19/h1-15H,16H2,(H,27,29)(H,28,30). The van der Waals surface area contributed by atoms with Gasteiger partial charge in [0.1, 0.15) is 0 Å². The second kappa shape index (κ2) is 9.69. The van der Waals surface area contributed by atoms with Crippen molar-refractivity contribution in [2.75, 3.05) is 16.4 Å². The Labute approximate surface area is 189 Å². The minimum absolute atomic E-state index is 0.0963. The van der Waals surface area contributed by atoms with Crippen molar-refractivity contribution in [3.05, 3.63) is 102 Å². The Hall–Kier alpha value is -3.28. The molecule has 0 aliphatic carbocycles. The van der Waals surface area contributed by atoms with E-state index in [1.807, 2.05) is 66.7 Å². The molecule has 2 N–H and O–H groups in total. The van der Waals surface area contributed by atoms with Gasteiger partial charge in [0.25, 0.3) is 5.91 Å². The molecule has 0 saturated heterocycles. The largest absolute Gasteiger partial charge is 0.325 e. The molecule has 4 nitrogen and oxygen atoms in total. The summed E-state index contributed by atoms with van der Waals surface area (Å²) >= 11 is 7.27. The first-order valence-electron chi connectivity index (χ1n) is 9.65. The van der Waals surface area contributed by atoms with E-state index >= 15 is 0 Å². The summed E-state index contributed by atoms with van der Waals surface area (Å²) in [7, 11) is 0. The second-order valence-electron chi connectivity index (χ2n) is 6.88. The molecule has 31 heavy (non-hydrogen) atoms.